The Morgan fingerprint density at radius 1 is 1.14 bits per heavy atom. The van der Waals surface area contributed by atoms with E-state index in [1.807, 2.05) is 6.92 Å². The minimum absolute atomic E-state index is 0. The number of hydrogen-bond donors (Lipinski definition) is 2. The predicted molar refractivity (Wildman–Crippen MR) is 86.2 cm³/mol. The van der Waals surface area contributed by atoms with Crippen LogP contribution in [0.15, 0.2) is 29.2 Å². The molecule has 5 nitrogen and oxygen atoms in total. The van der Waals surface area contributed by atoms with Crippen molar-refractivity contribution in [3.05, 3.63) is 29.8 Å². The Balaban J connectivity index is 0.00000400. The van der Waals surface area contributed by atoms with Crippen LogP contribution >= 0.6 is 12.4 Å². The number of carbonyl (C=O) groups excluding carboxylic acids is 1. The average molecular weight is 335 g/mol. The first-order chi connectivity index (χ1) is 9.12. The number of hydrogen-bond acceptors (Lipinski definition) is 4. The molecule has 0 aliphatic carbocycles. The lowest BCUT2D eigenvalue weighted by atomic mass is 10.0. The summed E-state index contributed by atoms with van der Waals surface area (Å²) in [7, 11) is -3.20. The summed E-state index contributed by atoms with van der Waals surface area (Å²) in [6, 6.07) is 6.09. The van der Waals surface area contributed by atoms with E-state index in [0.717, 1.165) is 11.8 Å². The van der Waals surface area contributed by atoms with Crippen molar-refractivity contribution in [3.63, 3.8) is 0 Å². The Hall–Kier alpha value is -1.11. The number of halogens is 1. The normalized spacial score (nSPS) is 15.5. The number of amides is 1. The second kappa shape index (κ2) is 7.77. The summed E-state index contributed by atoms with van der Waals surface area (Å²) in [5.74, 6) is -0.382. The van der Waals surface area contributed by atoms with Crippen molar-refractivity contribution in [3.8, 4) is 0 Å². The third-order valence-corrected chi connectivity index (χ3v) is 4.50. The van der Waals surface area contributed by atoms with Crippen LogP contribution < -0.4 is 11.1 Å². The number of carbonyl (C=O) groups is 1. The van der Waals surface area contributed by atoms with Gasteiger partial charge in [0.1, 0.15) is 0 Å². The van der Waals surface area contributed by atoms with Gasteiger partial charge in [0.25, 0.3) is 0 Å². The monoisotopic (exact) mass is 334 g/mol. The molecule has 3 unspecified atom stereocenters. The lowest BCUT2D eigenvalue weighted by Gasteiger charge is -2.20. The van der Waals surface area contributed by atoms with Crippen LogP contribution in [0.1, 0.15) is 32.4 Å². The summed E-state index contributed by atoms with van der Waals surface area (Å²) in [4.78, 5) is 12.2. The van der Waals surface area contributed by atoms with Crippen LogP contribution in [0.3, 0.4) is 0 Å². The van der Waals surface area contributed by atoms with E-state index < -0.39 is 9.84 Å². The topological polar surface area (TPSA) is 89.3 Å². The maximum Gasteiger partial charge on any atom is 0.224 e. The van der Waals surface area contributed by atoms with Crippen molar-refractivity contribution in [1.82, 2.24) is 5.32 Å². The van der Waals surface area contributed by atoms with Gasteiger partial charge in [0, 0.05) is 18.2 Å². The summed E-state index contributed by atoms with van der Waals surface area (Å²) in [5, 5.41) is 2.87. The Labute approximate surface area is 132 Å². The van der Waals surface area contributed by atoms with Gasteiger partial charge in [0.15, 0.2) is 9.84 Å². The molecular formula is C14H23ClN2O3S. The number of sulfone groups is 1. The number of nitrogens with one attached hydrogen (secondary N) is 1. The molecule has 21 heavy (non-hydrogen) atoms. The van der Waals surface area contributed by atoms with Gasteiger partial charge in [0.05, 0.1) is 10.9 Å². The van der Waals surface area contributed by atoms with Crippen molar-refractivity contribution in [2.75, 3.05) is 6.26 Å². The van der Waals surface area contributed by atoms with Crippen molar-refractivity contribution in [1.29, 1.82) is 0 Å². The maximum atomic E-state index is 11.9. The second-order valence-corrected chi connectivity index (χ2v) is 7.24. The van der Waals surface area contributed by atoms with Crippen molar-refractivity contribution in [2.45, 2.75) is 37.8 Å². The van der Waals surface area contributed by atoms with Crippen molar-refractivity contribution >= 4 is 28.2 Å². The molecule has 0 aliphatic heterocycles. The standard InChI is InChI=1S/C14H22N2O3S.ClH/c1-9(10(2)15)14(17)16-11(3)12-5-7-13(8-6-12)20(4,18)19;/h5-11H,15H2,1-4H3,(H,16,17);1H. The molecule has 3 atom stereocenters. The molecule has 0 spiro atoms. The average Bonchev–Trinajstić information content (AvgIpc) is 2.36. The lowest BCUT2D eigenvalue weighted by Crippen LogP contribution is -2.39. The summed E-state index contributed by atoms with van der Waals surface area (Å²) < 4.78 is 22.7. The van der Waals surface area contributed by atoms with E-state index in [9.17, 15) is 13.2 Å². The van der Waals surface area contributed by atoms with E-state index in [0.29, 0.717) is 0 Å². The maximum absolute atomic E-state index is 11.9. The smallest absolute Gasteiger partial charge is 0.224 e. The van der Waals surface area contributed by atoms with Gasteiger partial charge in [-0.15, -0.1) is 12.4 Å². The van der Waals surface area contributed by atoms with Gasteiger partial charge >= 0.3 is 0 Å². The highest BCUT2D eigenvalue weighted by atomic mass is 35.5. The van der Waals surface area contributed by atoms with Gasteiger partial charge in [-0.3, -0.25) is 4.79 Å². The fourth-order valence-corrected chi connectivity index (χ4v) is 2.30. The minimum Gasteiger partial charge on any atom is -0.349 e. The molecule has 1 aromatic rings. The highest BCUT2D eigenvalue weighted by molar-refractivity contribution is 7.90. The van der Waals surface area contributed by atoms with E-state index in [4.69, 9.17) is 5.73 Å². The zero-order valence-electron chi connectivity index (χ0n) is 12.7. The molecule has 7 heteroatoms. The molecule has 120 valence electrons. The SMILES string of the molecule is CC(NC(=O)C(C)C(C)N)c1ccc(S(C)(=O)=O)cc1.Cl. The summed E-state index contributed by atoms with van der Waals surface area (Å²) >= 11 is 0. The zero-order valence-corrected chi connectivity index (χ0v) is 14.3. The van der Waals surface area contributed by atoms with Crippen LogP contribution in [0, 0.1) is 5.92 Å². The second-order valence-electron chi connectivity index (χ2n) is 5.22. The van der Waals surface area contributed by atoms with Crippen LogP contribution in [0.4, 0.5) is 0 Å². The Morgan fingerprint density at radius 2 is 1.62 bits per heavy atom. The first-order valence-electron chi connectivity index (χ1n) is 6.49. The summed E-state index contributed by atoms with van der Waals surface area (Å²) in [5.41, 5.74) is 6.54. The third kappa shape index (κ3) is 5.65. The first kappa shape index (κ1) is 19.9. The molecule has 1 rings (SSSR count). The lowest BCUT2D eigenvalue weighted by molar-refractivity contribution is -0.125. The van der Waals surface area contributed by atoms with Gasteiger partial charge in [-0.2, -0.15) is 0 Å². The van der Waals surface area contributed by atoms with Gasteiger partial charge < -0.3 is 11.1 Å². The van der Waals surface area contributed by atoms with E-state index in [1.165, 1.54) is 0 Å². The van der Waals surface area contributed by atoms with E-state index in [-0.39, 0.29) is 41.2 Å². The van der Waals surface area contributed by atoms with Crippen LogP contribution in [-0.4, -0.2) is 26.6 Å². The van der Waals surface area contributed by atoms with Gasteiger partial charge in [-0.25, -0.2) is 8.42 Å². The summed E-state index contributed by atoms with van der Waals surface area (Å²) in [6.07, 6.45) is 1.16. The highest BCUT2D eigenvalue weighted by Gasteiger charge is 2.19. The minimum atomic E-state index is -3.20. The molecule has 0 saturated carbocycles. The number of rotatable bonds is 5. The Morgan fingerprint density at radius 3 is 2.00 bits per heavy atom. The first-order valence-corrected chi connectivity index (χ1v) is 8.38. The molecule has 1 aromatic carbocycles. The molecule has 1 amide bonds. The number of benzene rings is 1. The van der Waals surface area contributed by atoms with Crippen LogP contribution in [-0.2, 0) is 14.6 Å². The largest absolute Gasteiger partial charge is 0.349 e. The fraction of sp³-hybridized carbons (Fsp3) is 0.500. The van der Waals surface area contributed by atoms with Crippen LogP contribution in [0.2, 0.25) is 0 Å². The molecule has 0 heterocycles. The Kier molecular flexibility index (Phi) is 7.36. The van der Waals surface area contributed by atoms with Crippen molar-refractivity contribution in [2.24, 2.45) is 11.7 Å². The van der Waals surface area contributed by atoms with Crippen LogP contribution in [0.5, 0.6) is 0 Å². The number of nitrogens with two attached hydrogens (primary N) is 1. The van der Waals surface area contributed by atoms with Gasteiger partial charge in [-0.05, 0) is 31.5 Å². The molecule has 0 bridgehead atoms. The molecule has 3 N–H and O–H groups in total. The zero-order chi connectivity index (χ0) is 15.5. The summed E-state index contributed by atoms with van der Waals surface area (Å²) in [6.45, 7) is 5.41. The van der Waals surface area contributed by atoms with Gasteiger partial charge in [0.2, 0.25) is 5.91 Å². The van der Waals surface area contributed by atoms with E-state index in [2.05, 4.69) is 5.32 Å². The molecular weight excluding hydrogens is 312 g/mol. The van der Waals surface area contributed by atoms with Gasteiger partial charge in [-0.1, -0.05) is 19.1 Å². The fourth-order valence-electron chi connectivity index (χ4n) is 1.67. The van der Waals surface area contributed by atoms with E-state index >= 15 is 0 Å². The van der Waals surface area contributed by atoms with Crippen LogP contribution in [0.25, 0.3) is 0 Å². The van der Waals surface area contributed by atoms with E-state index in [1.54, 1.807) is 38.1 Å². The highest BCUT2D eigenvalue weighted by Crippen LogP contribution is 2.17. The predicted octanol–water partition coefficient (Wildman–Crippen LogP) is 1.67. The molecule has 0 saturated heterocycles. The quantitative estimate of drug-likeness (QED) is 0.857. The molecule has 0 fully saturated rings. The molecule has 0 aromatic heterocycles. The van der Waals surface area contributed by atoms with Crippen molar-refractivity contribution < 1.29 is 13.2 Å². The Bertz CT molecular complexity index is 570. The third-order valence-electron chi connectivity index (χ3n) is 3.37. The molecule has 0 radical (unpaired) electrons. The molecule has 0 aliphatic rings.